The number of carbonyl (C=O) groups is 1. The predicted molar refractivity (Wildman–Crippen MR) is 99.0 cm³/mol. The van der Waals surface area contributed by atoms with Gasteiger partial charge in [-0.05, 0) is 37.3 Å². The van der Waals surface area contributed by atoms with Gasteiger partial charge in [-0.15, -0.1) is 10.2 Å². The van der Waals surface area contributed by atoms with Crippen LogP contribution >= 0.6 is 11.8 Å². The van der Waals surface area contributed by atoms with E-state index in [4.69, 9.17) is 4.74 Å². The Morgan fingerprint density at radius 1 is 1.15 bits per heavy atom. The fraction of sp³-hybridized carbons (Fsp3) is 0.211. The van der Waals surface area contributed by atoms with E-state index in [9.17, 15) is 13.6 Å². The van der Waals surface area contributed by atoms with E-state index in [2.05, 4.69) is 10.2 Å². The molecule has 3 aromatic rings. The minimum absolute atomic E-state index is 0.112. The number of benzene rings is 2. The highest BCUT2D eigenvalue weighted by atomic mass is 32.2. The van der Waals surface area contributed by atoms with E-state index < -0.39 is 16.9 Å². The number of methoxy groups -OCH3 is 1. The van der Waals surface area contributed by atoms with Gasteiger partial charge < -0.3 is 9.30 Å². The number of rotatable bonds is 6. The predicted octanol–water partition coefficient (Wildman–Crippen LogP) is 4.13. The second-order valence-electron chi connectivity index (χ2n) is 5.82. The zero-order chi connectivity index (χ0) is 19.6. The molecule has 0 fully saturated rings. The van der Waals surface area contributed by atoms with Gasteiger partial charge in [0.2, 0.25) is 0 Å². The molecule has 3 rings (SSSR count). The van der Waals surface area contributed by atoms with Crippen LogP contribution in [0.15, 0.2) is 47.6 Å². The monoisotopic (exact) mass is 389 g/mol. The summed E-state index contributed by atoms with van der Waals surface area (Å²) in [6.45, 7) is 1.69. The fourth-order valence-electron chi connectivity index (χ4n) is 2.58. The van der Waals surface area contributed by atoms with Gasteiger partial charge >= 0.3 is 0 Å². The van der Waals surface area contributed by atoms with Gasteiger partial charge in [0.25, 0.3) is 0 Å². The average molecular weight is 389 g/mol. The molecule has 0 saturated heterocycles. The first-order valence-electron chi connectivity index (χ1n) is 8.11. The van der Waals surface area contributed by atoms with Crippen LogP contribution in [0.2, 0.25) is 0 Å². The van der Waals surface area contributed by atoms with Crippen LogP contribution < -0.4 is 4.74 Å². The molecule has 27 heavy (non-hydrogen) atoms. The molecule has 5 nitrogen and oxygen atoms in total. The molecule has 0 aliphatic heterocycles. The molecule has 0 saturated carbocycles. The van der Waals surface area contributed by atoms with Crippen molar-refractivity contribution >= 4 is 17.5 Å². The summed E-state index contributed by atoms with van der Waals surface area (Å²) in [6, 6.07) is 10.5. The summed E-state index contributed by atoms with van der Waals surface area (Å²) < 4.78 is 33.6. The molecule has 2 aromatic carbocycles. The molecule has 0 spiro atoms. The van der Waals surface area contributed by atoms with E-state index in [1.54, 1.807) is 25.6 Å². The smallest absolute Gasteiger partial charge is 0.191 e. The van der Waals surface area contributed by atoms with Crippen LogP contribution in [-0.2, 0) is 7.05 Å². The van der Waals surface area contributed by atoms with Gasteiger partial charge in [-0.1, -0.05) is 23.9 Å². The van der Waals surface area contributed by atoms with Gasteiger partial charge in [0.1, 0.15) is 5.75 Å². The number of ether oxygens (including phenoxy) is 1. The number of nitrogens with zero attached hydrogens (tertiary/aromatic N) is 3. The van der Waals surface area contributed by atoms with Crippen LogP contribution in [0.4, 0.5) is 8.78 Å². The van der Waals surface area contributed by atoms with Crippen LogP contribution in [0.3, 0.4) is 0 Å². The Bertz CT molecular complexity index is 991. The lowest BCUT2D eigenvalue weighted by Gasteiger charge is -2.11. The SMILES string of the molecule is COc1ccccc1-c1nnc(SC(C)C(=O)c2ccc(F)c(F)c2)n1C. The molecule has 1 heterocycles. The number of aromatic nitrogens is 3. The maximum absolute atomic E-state index is 13.4. The highest BCUT2D eigenvalue weighted by molar-refractivity contribution is 8.00. The Morgan fingerprint density at radius 3 is 2.59 bits per heavy atom. The molecule has 0 amide bonds. The van der Waals surface area contributed by atoms with Gasteiger partial charge in [0, 0.05) is 12.6 Å². The minimum Gasteiger partial charge on any atom is -0.496 e. The van der Waals surface area contributed by atoms with Crippen molar-refractivity contribution in [1.29, 1.82) is 0 Å². The first kappa shape index (κ1) is 19.0. The first-order chi connectivity index (χ1) is 12.9. The lowest BCUT2D eigenvalue weighted by Crippen LogP contribution is -2.15. The number of carbonyl (C=O) groups excluding carboxylic acids is 1. The second-order valence-corrected chi connectivity index (χ2v) is 7.13. The van der Waals surface area contributed by atoms with E-state index in [0.29, 0.717) is 16.7 Å². The van der Waals surface area contributed by atoms with Gasteiger partial charge in [0.15, 0.2) is 28.4 Å². The molecule has 0 radical (unpaired) electrons. The second kappa shape index (κ2) is 7.87. The van der Waals surface area contributed by atoms with Crippen molar-refractivity contribution in [2.75, 3.05) is 7.11 Å². The zero-order valence-electron chi connectivity index (χ0n) is 14.9. The molecule has 140 valence electrons. The molecule has 1 atom stereocenters. The summed E-state index contributed by atoms with van der Waals surface area (Å²) in [5.41, 5.74) is 0.891. The largest absolute Gasteiger partial charge is 0.496 e. The van der Waals surface area contributed by atoms with Crippen LogP contribution in [-0.4, -0.2) is 32.9 Å². The lowest BCUT2D eigenvalue weighted by atomic mass is 10.1. The molecular formula is C19H17F2N3O2S. The number of Topliss-reactive ketones (excluding diaryl/α,β-unsaturated/α-hetero) is 1. The van der Waals surface area contributed by atoms with Crippen molar-refractivity contribution in [3.63, 3.8) is 0 Å². The molecule has 1 aromatic heterocycles. The molecule has 1 unspecified atom stereocenters. The maximum Gasteiger partial charge on any atom is 0.191 e. The van der Waals surface area contributed by atoms with Gasteiger partial charge in [-0.25, -0.2) is 8.78 Å². The van der Waals surface area contributed by atoms with Gasteiger partial charge in [-0.3, -0.25) is 4.79 Å². The number of halogens is 2. The molecule has 8 heteroatoms. The van der Waals surface area contributed by atoms with Gasteiger partial charge in [0.05, 0.1) is 17.9 Å². The number of thioether (sulfide) groups is 1. The van der Waals surface area contributed by atoms with E-state index in [1.165, 1.54) is 17.8 Å². The number of ketones is 1. The van der Waals surface area contributed by atoms with Crippen molar-refractivity contribution in [3.8, 4) is 17.1 Å². The zero-order valence-corrected chi connectivity index (χ0v) is 15.8. The third kappa shape index (κ3) is 3.85. The summed E-state index contributed by atoms with van der Waals surface area (Å²) in [5, 5.41) is 8.32. The summed E-state index contributed by atoms with van der Waals surface area (Å²) in [7, 11) is 3.37. The first-order valence-corrected chi connectivity index (χ1v) is 8.99. The Balaban J connectivity index is 1.83. The quantitative estimate of drug-likeness (QED) is 0.469. The van der Waals surface area contributed by atoms with Crippen LogP contribution in [0.5, 0.6) is 5.75 Å². The minimum atomic E-state index is -1.05. The summed E-state index contributed by atoms with van der Waals surface area (Å²) in [6.07, 6.45) is 0. The summed E-state index contributed by atoms with van der Waals surface area (Å²) in [5.74, 6) is -1.09. The molecule has 0 aliphatic carbocycles. The number of para-hydroxylation sites is 1. The Hall–Kier alpha value is -2.74. The molecule has 0 N–H and O–H groups in total. The van der Waals surface area contributed by atoms with Crippen molar-refractivity contribution in [2.45, 2.75) is 17.3 Å². The molecule has 0 bridgehead atoms. The topological polar surface area (TPSA) is 57.0 Å². The maximum atomic E-state index is 13.4. The van der Waals surface area contributed by atoms with Crippen LogP contribution in [0.25, 0.3) is 11.4 Å². The third-order valence-corrected chi connectivity index (χ3v) is 5.17. The standard InChI is InChI=1S/C19H17F2N3O2S/c1-11(17(25)12-8-9-14(20)15(21)10-12)27-19-23-22-18(24(19)2)13-6-4-5-7-16(13)26-3/h4-11H,1-3H3. The van der Waals surface area contributed by atoms with Gasteiger partial charge in [-0.2, -0.15) is 0 Å². The van der Waals surface area contributed by atoms with E-state index in [-0.39, 0.29) is 11.3 Å². The summed E-state index contributed by atoms with van der Waals surface area (Å²) >= 11 is 1.19. The van der Waals surface area contributed by atoms with Crippen molar-refractivity contribution in [1.82, 2.24) is 14.8 Å². The molecule has 0 aliphatic rings. The fourth-order valence-corrected chi connectivity index (χ4v) is 3.47. The lowest BCUT2D eigenvalue weighted by molar-refractivity contribution is 0.0993. The normalized spacial score (nSPS) is 12.0. The number of hydrogen-bond donors (Lipinski definition) is 0. The highest BCUT2D eigenvalue weighted by Gasteiger charge is 2.22. The van der Waals surface area contributed by atoms with E-state index in [1.807, 2.05) is 24.3 Å². The van der Waals surface area contributed by atoms with E-state index >= 15 is 0 Å². The molecular weight excluding hydrogens is 372 g/mol. The third-order valence-electron chi connectivity index (χ3n) is 4.04. The van der Waals surface area contributed by atoms with Crippen molar-refractivity contribution < 1.29 is 18.3 Å². The highest BCUT2D eigenvalue weighted by Crippen LogP contribution is 2.31. The average Bonchev–Trinajstić information content (AvgIpc) is 3.03. The number of hydrogen-bond acceptors (Lipinski definition) is 5. The Labute approximate surface area is 159 Å². The Kier molecular flexibility index (Phi) is 5.55. The van der Waals surface area contributed by atoms with Crippen LogP contribution in [0, 0.1) is 11.6 Å². The van der Waals surface area contributed by atoms with Crippen molar-refractivity contribution in [3.05, 3.63) is 59.7 Å². The summed E-state index contributed by atoms with van der Waals surface area (Å²) in [4.78, 5) is 12.5. The van der Waals surface area contributed by atoms with E-state index in [0.717, 1.165) is 17.7 Å². The van der Waals surface area contributed by atoms with Crippen LogP contribution in [0.1, 0.15) is 17.3 Å². The van der Waals surface area contributed by atoms with Crippen molar-refractivity contribution in [2.24, 2.45) is 7.05 Å². The Morgan fingerprint density at radius 2 is 1.89 bits per heavy atom.